The number of rotatable bonds is 6. The van der Waals surface area contributed by atoms with Gasteiger partial charge < -0.3 is 15.3 Å². The topological polar surface area (TPSA) is 48.4 Å². The minimum Gasteiger partial charge on any atom is -0.396 e. The molecule has 2 rings (SSSR count). The second kappa shape index (κ2) is 6.87. The lowest BCUT2D eigenvalue weighted by Gasteiger charge is -2.20. The molecule has 0 aromatic carbocycles. The molecule has 1 fully saturated rings. The van der Waals surface area contributed by atoms with Crippen LogP contribution in [0.3, 0.4) is 0 Å². The predicted molar refractivity (Wildman–Crippen MR) is 78.4 cm³/mol. The highest BCUT2D eigenvalue weighted by atomic mass is 16.3. The molecule has 1 aromatic heterocycles. The van der Waals surface area contributed by atoms with Gasteiger partial charge >= 0.3 is 0 Å². The molecule has 0 radical (unpaired) electrons. The van der Waals surface area contributed by atoms with Gasteiger partial charge in [0.1, 0.15) is 5.82 Å². The second-order valence-corrected chi connectivity index (χ2v) is 5.38. The number of aliphatic hydroxyl groups is 1. The molecule has 1 aromatic rings. The number of hydrogen-bond acceptors (Lipinski definition) is 4. The zero-order chi connectivity index (χ0) is 13.7. The maximum atomic E-state index is 9.02. The first-order valence-electron chi connectivity index (χ1n) is 7.26. The first-order chi connectivity index (χ1) is 9.24. The van der Waals surface area contributed by atoms with Gasteiger partial charge in [0.2, 0.25) is 0 Å². The van der Waals surface area contributed by atoms with Crippen LogP contribution in [0.25, 0.3) is 0 Å². The van der Waals surface area contributed by atoms with Gasteiger partial charge in [0, 0.05) is 32.4 Å². The van der Waals surface area contributed by atoms with Crippen LogP contribution in [0.5, 0.6) is 0 Å². The van der Waals surface area contributed by atoms with Gasteiger partial charge in [-0.25, -0.2) is 4.98 Å². The molecule has 2 N–H and O–H groups in total. The Morgan fingerprint density at radius 2 is 2.37 bits per heavy atom. The fourth-order valence-electron chi connectivity index (χ4n) is 2.77. The van der Waals surface area contributed by atoms with E-state index >= 15 is 0 Å². The monoisotopic (exact) mass is 263 g/mol. The Morgan fingerprint density at radius 1 is 1.53 bits per heavy atom. The maximum absolute atomic E-state index is 9.02. The van der Waals surface area contributed by atoms with Crippen molar-refractivity contribution in [1.82, 2.24) is 10.3 Å². The molecule has 0 bridgehead atoms. The summed E-state index contributed by atoms with van der Waals surface area (Å²) < 4.78 is 0. The van der Waals surface area contributed by atoms with Crippen LogP contribution in [0.2, 0.25) is 0 Å². The van der Waals surface area contributed by atoms with Gasteiger partial charge in [0.05, 0.1) is 0 Å². The first-order valence-corrected chi connectivity index (χ1v) is 7.26. The number of nitrogens with one attached hydrogen (secondary N) is 1. The van der Waals surface area contributed by atoms with Crippen LogP contribution >= 0.6 is 0 Å². The van der Waals surface area contributed by atoms with Crippen LogP contribution in [-0.4, -0.2) is 36.3 Å². The quantitative estimate of drug-likeness (QED) is 0.820. The molecule has 1 saturated heterocycles. The van der Waals surface area contributed by atoms with Gasteiger partial charge in [-0.2, -0.15) is 0 Å². The van der Waals surface area contributed by atoms with Crippen molar-refractivity contribution in [3.05, 3.63) is 23.4 Å². The van der Waals surface area contributed by atoms with Crippen molar-refractivity contribution in [3.8, 4) is 0 Å². The van der Waals surface area contributed by atoms with E-state index in [1.165, 1.54) is 17.5 Å². The van der Waals surface area contributed by atoms with Crippen LogP contribution in [-0.2, 0) is 6.54 Å². The highest BCUT2D eigenvalue weighted by molar-refractivity contribution is 5.48. The summed E-state index contributed by atoms with van der Waals surface area (Å²) in [6.07, 6.45) is 4.05. The number of aryl methyl sites for hydroxylation is 1. The number of pyridine rings is 1. The van der Waals surface area contributed by atoms with Crippen molar-refractivity contribution in [2.45, 2.75) is 33.2 Å². The molecule has 19 heavy (non-hydrogen) atoms. The Labute approximate surface area is 115 Å². The minimum atomic E-state index is 0.298. The van der Waals surface area contributed by atoms with Gasteiger partial charge in [-0.1, -0.05) is 6.92 Å². The van der Waals surface area contributed by atoms with Gasteiger partial charge in [-0.15, -0.1) is 0 Å². The Kier molecular flexibility index (Phi) is 5.16. The summed E-state index contributed by atoms with van der Waals surface area (Å²) in [7, 11) is 0. The fraction of sp³-hybridized carbons (Fsp3) is 0.667. The normalized spacial score (nSPS) is 19.1. The van der Waals surface area contributed by atoms with Crippen molar-refractivity contribution in [1.29, 1.82) is 0 Å². The minimum absolute atomic E-state index is 0.298. The van der Waals surface area contributed by atoms with Crippen LogP contribution in [0.15, 0.2) is 12.3 Å². The summed E-state index contributed by atoms with van der Waals surface area (Å²) in [6, 6.07) is 2.23. The lowest BCUT2D eigenvalue weighted by atomic mass is 10.1. The standard InChI is InChI=1S/C15H25N3O/c1-3-16-9-14-8-12(2)15(17-10-14)18-6-4-13(11-18)5-7-19/h8,10,13,16,19H,3-7,9,11H2,1-2H3. The average Bonchev–Trinajstić information content (AvgIpc) is 2.85. The molecule has 1 atom stereocenters. The van der Waals surface area contributed by atoms with E-state index in [-0.39, 0.29) is 0 Å². The largest absolute Gasteiger partial charge is 0.396 e. The van der Waals surface area contributed by atoms with Crippen LogP contribution in [0, 0.1) is 12.8 Å². The molecule has 0 saturated carbocycles. The molecule has 2 heterocycles. The number of aromatic nitrogens is 1. The summed E-state index contributed by atoms with van der Waals surface area (Å²) in [5.74, 6) is 1.73. The summed E-state index contributed by atoms with van der Waals surface area (Å²) >= 11 is 0. The molecule has 4 nitrogen and oxygen atoms in total. The SMILES string of the molecule is CCNCc1cnc(N2CCC(CCO)C2)c(C)c1. The zero-order valence-electron chi connectivity index (χ0n) is 12.0. The molecule has 1 unspecified atom stereocenters. The van der Waals surface area contributed by atoms with E-state index in [0.29, 0.717) is 12.5 Å². The molecule has 0 amide bonds. The maximum Gasteiger partial charge on any atom is 0.131 e. The molecule has 106 valence electrons. The smallest absolute Gasteiger partial charge is 0.131 e. The van der Waals surface area contributed by atoms with Crippen molar-refractivity contribution in [2.75, 3.05) is 31.1 Å². The van der Waals surface area contributed by atoms with E-state index in [4.69, 9.17) is 5.11 Å². The lowest BCUT2D eigenvalue weighted by Crippen LogP contribution is -2.22. The number of aliphatic hydroxyl groups excluding tert-OH is 1. The van der Waals surface area contributed by atoms with Crippen LogP contribution < -0.4 is 10.2 Å². The Bertz CT molecular complexity index is 408. The molecule has 1 aliphatic heterocycles. The Hall–Kier alpha value is -1.13. The molecule has 1 aliphatic rings. The van der Waals surface area contributed by atoms with Gasteiger partial charge in [-0.3, -0.25) is 0 Å². The highest BCUT2D eigenvalue weighted by Crippen LogP contribution is 2.26. The van der Waals surface area contributed by atoms with Crippen molar-refractivity contribution < 1.29 is 5.11 Å². The second-order valence-electron chi connectivity index (χ2n) is 5.38. The number of hydrogen-bond donors (Lipinski definition) is 2. The first kappa shape index (κ1) is 14.3. The van der Waals surface area contributed by atoms with E-state index in [2.05, 4.69) is 35.1 Å². The van der Waals surface area contributed by atoms with E-state index < -0.39 is 0 Å². The molecular weight excluding hydrogens is 238 g/mol. The van der Waals surface area contributed by atoms with Crippen molar-refractivity contribution in [3.63, 3.8) is 0 Å². The zero-order valence-corrected chi connectivity index (χ0v) is 12.0. The van der Waals surface area contributed by atoms with E-state index in [1.54, 1.807) is 0 Å². The summed E-state index contributed by atoms with van der Waals surface area (Å²) in [4.78, 5) is 6.98. The molecule has 4 heteroatoms. The third-order valence-electron chi connectivity index (χ3n) is 3.81. The Morgan fingerprint density at radius 3 is 3.05 bits per heavy atom. The van der Waals surface area contributed by atoms with E-state index in [1.807, 2.05) is 6.20 Å². The lowest BCUT2D eigenvalue weighted by molar-refractivity contribution is 0.263. The summed E-state index contributed by atoms with van der Waals surface area (Å²) in [6.45, 7) is 8.50. The summed E-state index contributed by atoms with van der Waals surface area (Å²) in [5, 5.41) is 12.3. The third kappa shape index (κ3) is 3.67. The molecular formula is C15H25N3O. The number of anilines is 1. The molecule has 0 spiro atoms. The van der Waals surface area contributed by atoms with Crippen LogP contribution in [0.1, 0.15) is 30.9 Å². The molecule has 0 aliphatic carbocycles. The highest BCUT2D eigenvalue weighted by Gasteiger charge is 2.23. The average molecular weight is 263 g/mol. The Balaban J connectivity index is 2.01. The van der Waals surface area contributed by atoms with E-state index in [0.717, 1.165) is 38.4 Å². The number of nitrogens with zero attached hydrogens (tertiary/aromatic N) is 2. The van der Waals surface area contributed by atoms with Crippen LogP contribution in [0.4, 0.5) is 5.82 Å². The fourth-order valence-corrected chi connectivity index (χ4v) is 2.77. The third-order valence-corrected chi connectivity index (χ3v) is 3.81. The van der Waals surface area contributed by atoms with Gasteiger partial charge in [0.25, 0.3) is 0 Å². The van der Waals surface area contributed by atoms with Gasteiger partial charge in [-0.05, 0) is 49.4 Å². The van der Waals surface area contributed by atoms with Crippen molar-refractivity contribution in [2.24, 2.45) is 5.92 Å². The van der Waals surface area contributed by atoms with Crippen molar-refractivity contribution >= 4 is 5.82 Å². The van der Waals surface area contributed by atoms with E-state index in [9.17, 15) is 0 Å². The predicted octanol–water partition coefficient (Wildman–Crippen LogP) is 1.71. The summed E-state index contributed by atoms with van der Waals surface area (Å²) in [5.41, 5.74) is 2.49. The van der Waals surface area contributed by atoms with Gasteiger partial charge in [0.15, 0.2) is 0 Å².